The largest absolute Gasteiger partial charge is 0.361 e. The second kappa shape index (κ2) is 9.90. The van der Waals surface area contributed by atoms with Crippen LogP contribution in [0.5, 0.6) is 0 Å². The number of nitrogens with one attached hydrogen (secondary N) is 1. The van der Waals surface area contributed by atoms with E-state index in [1.807, 2.05) is 26.2 Å². The lowest BCUT2D eigenvalue weighted by atomic mass is 10.1. The van der Waals surface area contributed by atoms with Crippen molar-refractivity contribution in [1.29, 1.82) is 0 Å². The molecule has 0 amide bonds. The van der Waals surface area contributed by atoms with E-state index in [4.69, 9.17) is 9.97 Å². The summed E-state index contributed by atoms with van der Waals surface area (Å²) in [5.74, 6) is 0.364. The summed E-state index contributed by atoms with van der Waals surface area (Å²) in [4.78, 5) is 19.2. The molecular weight excluding hydrogens is 446 g/mol. The number of fused-ring (bicyclic) bond motifs is 1. The van der Waals surface area contributed by atoms with Gasteiger partial charge in [0.2, 0.25) is 5.95 Å². The summed E-state index contributed by atoms with van der Waals surface area (Å²) in [6.07, 6.45) is 6.38. The molecule has 1 fully saturated rings. The van der Waals surface area contributed by atoms with E-state index in [1.165, 1.54) is 23.4 Å². The van der Waals surface area contributed by atoms with Crippen molar-refractivity contribution in [2.45, 2.75) is 25.7 Å². The van der Waals surface area contributed by atoms with Gasteiger partial charge in [-0.1, -0.05) is 18.2 Å². The lowest BCUT2D eigenvalue weighted by molar-refractivity contribution is 0.509. The number of benzene rings is 2. The minimum absolute atomic E-state index is 0.527. The summed E-state index contributed by atoms with van der Waals surface area (Å²) >= 11 is 0. The molecule has 1 aliphatic rings. The minimum atomic E-state index is -0.879. The fraction of sp³-hybridized carbons (Fsp3) is 0.333. The number of H-pyrrole nitrogens is 1. The Hall–Kier alpha value is -3.68. The van der Waals surface area contributed by atoms with Crippen molar-refractivity contribution in [3.63, 3.8) is 0 Å². The number of hydrogen-bond donors (Lipinski definition) is 1. The zero-order valence-electron chi connectivity index (χ0n) is 20.1. The molecule has 1 aliphatic heterocycles. The Labute approximate surface area is 204 Å². The summed E-state index contributed by atoms with van der Waals surface area (Å²) in [6, 6.07) is 14.1. The van der Waals surface area contributed by atoms with Gasteiger partial charge in [-0.3, -0.25) is 0 Å². The number of likely N-dealkylation sites (N-methyl/N-ethyl adjacent to an activating group) is 1. The van der Waals surface area contributed by atoms with Gasteiger partial charge in [0.1, 0.15) is 11.6 Å². The average Bonchev–Trinajstić information content (AvgIpc) is 3.32. The van der Waals surface area contributed by atoms with Crippen LogP contribution in [-0.4, -0.2) is 48.7 Å². The highest BCUT2D eigenvalue weighted by molar-refractivity contribution is 5.83. The molecule has 3 heterocycles. The Morgan fingerprint density at radius 1 is 0.943 bits per heavy atom. The third kappa shape index (κ3) is 4.92. The maximum atomic E-state index is 13.9. The molecule has 0 saturated carbocycles. The van der Waals surface area contributed by atoms with Crippen LogP contribution in [0.3, 0.4) is 0 Å². The van der Waals surface area contributed by atoms with E-state index in [-0.39, 0.29) is 0 Å². The number of piperidine rings is 1. The van der Waals surface area contributed by atoms with Crippen LogP contribution < -0.4 is 14.7 Å². The van der Waals surface area contributed by atoms with Crippen LogP contribution in [0.1, 0.15) is 24.8 Å². The molecule has 4 aromatic rings. The van der Waals surface area contributed by atoms with Crippen LogP contribution in [0, 0.1) is 11.6 Å². The topological polar surface area (TPSA) is 51.3 Å². The fourth-order valence-corrected chi connectivity index (χ4v) is 4.59. The summed E-state index contributed by atoms with van der Waals surface area (Å²) < 4.78 is 27.4. The molecule has 8 heteroatoms. The molecule has 182 valence electrons. The van der Waals surface area contributed by atoms with Gasteiger partial charge < -0.3 is 19.7 Å². The SMILES string of the molecule is CN(CCc1c[nH]c2ccccc12)c1nc(N2CCCCC2)cc(N(C)c2ccc(F)c(F)c2)n1. The third-order valence-corrected chi connectivity index (χ3v) is 6.73. The molecule has 0 radical (unpaired) electrons. The first-order valence-electron chi connectivity index (χ1n) is 12.1. The highest BCUT2D eigenvalue weighted by Crippen LogP contribution is 2.29. The van der Waals surface area contributed by atoms with Crippen LogP contribution in [-0.2, 0) is 6.42 Å². The number of hydrogen-bond acceptors (Lipinski definition) is 5. The molecule has 1 N–H and O–H groups in total. The van der Waals surface area contributed by atoms with Gasteiger partial charge in [0.25, 0.3) is 0 Å². The Morgan fingerprint density at radius 2 is 1.74 bits per heavy atom. The summed E-state index contributed by atoms with van der Waals surface area (Å²) in [7, 11) is 3.80. The van der Waals surface area contributed by atoms with E-state index in [0.29, 0.717) is 17.5 Å². The summed E-state index contributed by atoms with van der Waals surface area (Å²) in [5, 5.41) is 1.22. The number of aromatic nitrogens is 3. The van der Waals surface area contributed by atoms with Gasteiger partial charge in [0.05, 0.1) is 0 Å². The van der Waals surface area contributed by atoms with Crippen LogP contribution in [0.2, 0.25) is 0 Å². The first-order valence-corrected chi connectivity index (χ1v) is 12.1. The van der Waals surface area contributed by atoms with Crippen LogP contribution in [0.25, 0.3) is 10.9 Å². The molecule has 35 heavy (non-hydrogen) atoms. The summed E-state index contributed by atoms with van der Waals surface area (Å²) in [5.41, 5.74) is 2.90. The van der Waals surface area contributed by atoms with E-state index in [0.717, 1.165) is 56.3 Å². The highest BCUT2D eigenvalue weighted by Gasteiger charge is 2.19. The van der Waals surface area contributed by atoms with Crippen molar-refractivity contribution in [3.05, 3.63) is 71.9 Å². The average molecular weight is 477 g/mol. The van der Waals surface area contributed by atoms with Gasteiger partial charge in [-0.15, -0.1) is 0 Å². The molecule has 6 nitrogen and oxygen atoms in total. The standard InChI is InChI=1S/C27H30F2N6/c1-33(15-12-19-18-30-24-9-5-4-8-21(19)24)27-31-25(17-26(32-27)35-13-6-3-7-14-35)34(2)20-10-11-22(28)23(29)16-20/h4-5,8-11,16-18,30H,3,6-7,12-15H2,1-2H3. The highest BCUT2D eigenvalue weighted by atomic mass is 19.2. The third-order valence-electron chi connectivity index (χ3n) is 6.73. The fourth-order valence-electron chi connectivity index (χ4n) is 4.59. The Balaban J connectivity index is 1.43. The lowest BCUT2D eigenvalue weighted by Gasteiger charge is -2.30. The number of nitrogens with zero attached hydrogens (tertiary/aromatic N) is 5. The summed E-state index contributed by atoms with van der Waals surface area (Å²) in [6.45, 7) is 2.63. The zero-order chi connectivity index (χ0) is 24.4. The molecule has 0 aliphatic carbocycles. The number of anilines is 4. The first-order chi connectivity index (χ1) is 17.0. The molecule has 0 bridgehead atoms. The van der Waals surface area contributed by atoms with Crippen molar-refractivity contribution >= 4 is 34.2 Å². The Kier molecular flexibility index (Phi) is 6.53. The maximum Gasteiger partial charge on any atom is 0.229 e. The Bertz CT molecular complexity index is 1310. The van der Waals surface area contributed by atoms with Crippen molar-refractivity contribution in [2.75, 3.05) is 48.4 Å². The van der Waals surface area contributed by atoms with Crippen LogP contribution >= 0.6 is 0 Å². The minimum Gasteiger partial charge on any atom is -0.361 e. The predicted octanol–water partition coefficient (Wildman–Crippen LogP) is 5.67. The monoisotopic (exact) mass is 476 g/mol. The van der Waals surface area contributed by atoms with E-state index in [1.54, 1.807) is 11.0 Å². The maximum absolute atomic E-state index is 13.9. The van der Waals surface area contributed by atoms with Crippen molar-refractivity contribution in [1.82, 2.24) is 15.0 Å². The van der Waals surface area contributed by atoms with E-state index in [9.17, 15) is 8.78 Å². The van der Waals surface area contributed by atoms with Gasteiger partial charge in [-0.05, 0) is 49.4 Å². The second-order valence-corrected chi connectivity index (χ2v) is 9.12. The van der Waals surface area contributed by atoms with Crippen LogP contribution in [0.4, 0.5) is 32.1 Å². The molecule has 2 aromatic carbocycles. The molecular formula is C27H30F2N6. The Morgan fingerprint density at radius 3 is 2.54 bits per heavy atom. The van der Waals surface area contributed by atoms with Gasteiger partial charge in [-0.2, -0.15) is 9.97 Å². The molecule has 5 rings (SSSR count). The number of para-hydroxylation sites is 1. The first kappa shape index (κ1) is 23.1. The van der Waals surface area contributed by atoms with Gasteiger partial charge in [0.15, 0.2) is 11.6 Å². The van der Waals surface area contributed by atoms with Gasteiger partial charge >= 0.3 is 0 Å². The number of rotatable bonds is 7. The zero-order valence-corrected chi connectivity index (χ0v) is 20.1. The van der Waals surface area contributed by atoms with E-state index < -0.39 is 11.6 Å². The van der Waals surface area contributed by atoms with Gasteiger partial charge in [-0.25, -0.2) is 8.78 Å². The molecule has 0 unspecified atom stereocenters. The number of halogens is 2. The van der Waals surface area contributed by atoms with Crippen LogP contribution in [0.15, 0.2) is 54.7 Å². The smallest absolute Gasteiger partial charge is 0.229 e. The number of aromatic amines is 1. The molecule has 1 saturated heterocycles. The van der Waals surface area contributed by atoms with Crippen molar-refractivity contribution in [2.24, 2.45) is 0 Å². The second-order valence-electron chi connectivity index (χ2n) is 9.12. The van der Waals surface area contributed by atoms with Crippen molar-refractivity contribution in [3.8, 4) is 0 Å². The molecule has 0 atom stereocenters. The normalized spacial score (nSPS) is 13.9. The van der Waals surface area contributed by atoms with Crippen molar-refractivity contribution < 1.29 is 8.78 Å². The lowest BCUT2D eigenvalue weighted by Crippen LogP contribution is -2.31. The van der Waals surface area contributed by atoms with Gasteiger partial charge in [0, 0.05) is 68.6 Å². The quantitative estimate of drug-likeness (QED) is 0.372. The molecule has 0 spiro atoms. The predicted molar refractivity (Wildman–Crippen MR) is 138 cm³/mol. The molecule has 2 aromatic heterocycles. The van der Waals surface area contributed by atoms with E-state index in [2.05, 4.69) is 39.2 Å². The van der Waals surface area contributed by atoms with E-state index >= 15 is 0 Å².